The number of benzene rings is 1. The topological polar surface area (TPSA) is 166 Å². The number of phenols is 1. The van der Waals surface area contributed by atoms with E-state index in [4.69, 9.17) is 19.9 Å². The van der Waals surface area contributed by atoms with Crippen molar-refractivity contribution >= 4 is 23.4 Å². The first-order chi connectivity index (χ1) is 16.6. The molecule has 0 unspecified atom stereocenters. The van der Waals surface area contributed by atoms with Crippen LogP contribution in [-0.2, 0) is 32.0 Å². The Morgan fingerprint density at radius 3 is 2.54 bits per heavy atom. The number of ether oxygens (including phenoxy) is 3. The van der Waals surface area contributed by atoms with Crippen molar-refractivity contribution in [3.05, 3.63) is 44.6 Å². The molecule has 2 aromatic rings. The molecule has 0 bridgehead atoms. The molecule has 4 N–H and O–H groups in total. The van der Waals surface area contributed by atoms with Gasteiger partial charge in [-0.2, -0.15) is 0 Å². The number of aromatic nitrogens is 2. The van der Waals surface area contributed by atoms with Crippen LogP contribution in [0, 0.1) is 5.92 Å². The Balaban J connectivity index is 2.13. The highest BCUT2D eigenvalue weighted by Gasteiger charge is 2.25. The number of carbonyl (C=O) groups is 2. The molecule has 2 rings (SSSR count). The first-order valence-corrected chi connectivity index (χ1v) is 11.0. The summed E-state index contributed by atoms with van der Waals surface area (Å²) < 4.78 is 16.3. The molecule has 0 fully saturated rings. The number of phenolic OH excluding ortho intramolecular Hbond substituents is 1. The van der Waals surface area contributed by atoms with E-state index in [1.807, 2.05) is 13.8 Å². The Kier molecular flexibility index (Phi) is 9.88. The number of nitrogens with zero attached hydrogens (tertiary/aromatic N) is 2. The Bertz CT molecular complexity index is 1160. The average Bonchev–Trinajstić information content (AvgIpc) is 2.80. The lowest BCUT2D eigenvalue weighted by molar-refractivity contribution is -0.147. The maximum Gasteiger partial charge on any atom is 0.330 e. The van der Waals surface area contributed by atoms with Gasteiger partial charge >= 0.3 is 11.7 Å². The highest BCUT2D eigenvalue weighted by Crippen LogP contribution is 2.26. The van der Waals surface area contributed by atoms with Crippen molar-refractivity contribution in [1.29, 1.82) is 0 Å². The van der Waals surface area contributed by atoms with Crippen molar-refractivity contribution in [2.24, 2.45) is 5.92 Å². The number of aryl methyl sites for hydroxylation is 1. The summed E-state index contributed by atoms with van der Waals surface area (Å²) in [6.45, 7) is 3.36. The van der Waals surface area contributed by atoms with E-state index in [1.54, 1.807) is 12.1 Å². The Morgan fingerprint density at radius 1 is 1.23 bits per heavy atom. The number of aromatic hydroxyl groups is 1. The lowest BCUT2D eigenvalue weighted by atomic mass is 10.1. The van der Waals surface area contributed by atoms with Crippen molar-refractivity contribution in [3.63, 3.8) is 0 Å². The number of aromatic amines is 1. The van der Waals surface area contributed by atoms with Crippen LogP contribution in [0.3, 0.4) is 0 Å². The van der Waals surface area contributed by atoms with E-state index in [-0.39, 0.29) is 55.7 Å². The summed E-state index contributed by atoms with van der Waals surface area (Å²) >= 11 is 0. The smallest absolute Gasteiger partial charge is 0.330 e. The minimum absolute atomic E-state index is 0.0426. The van der Waals surface area contributed by atoms with Gasteiger partial charge < -0.3 is 25.1 Å². The average molecular weight is 493 g/mol. The molecular weight excluding hydrogens is 460 g/mol. The highest BCUT2D eigenvalue weighted by atomic mass is 16.5. The molecule has 192 valence electrons. The first-order valence-electron chi connectivity index (χ1n) is 11.0. The number of hydrogen-bond acceptors (Lipinski definition) is 9. The van der Waals surface area contributed by atoms with Crippen LogP contribution in [0.1, 0.15) is 25.8 Å². The van der Waals surface area contributed by atoms with Crippen LogP contribution in [0.25, 0.3) is 0 Å². The van der Waals surface area contributed by atoms with E-state index in [1.165, 1.54) is 24.9 Å². The lowest BCUT2D eigenvalue weighted by Crippen LogP contribution is -2.44. The zero-order chi connectivity index (χ0) is 26.1. The normalized spacial score (nSPS) is 10.9. The fraction of sp³-hybridized carbons (Fsp3) is 0.478. The first kappa shape index (κ1) is 27.4. The monoisotopic (exact) mass is 492 g/mol. The number of methoxy groups -OCH3 is 2. The minimum atomic E-state index is -0.831. The highest BCUT2D eigenvalue weighted by molar-refractivity contribution is 5.97. The van der Waals surface area contributed by atoms with E-state index in [2.05, 4.69) is 4.98 Å². The molecule has 0 radical (unpaired) electrons. The van der Waals surface area contributed by atoms with Crippen LogP contribution in [-0.4, -0.2) is 60.5 Å². The fourth-order valence-electron chi connectivity index (χ4n) is 3.36. The maximum atomic E-state index is 12.9. The van der Waals surface area contributed by atoms with Gasteiger partial charge in [0.1, 0.15) is 5.82 Å². The number of nitrogens with one attached hydrogen (secondary N) is 1. The minimum Gasteiger partial charge on any atom is -0.504 e. The molecule has 1 aromatic carbocycles. The number of carbonyl (C=O) groups excluding carboxylic acids is 2. The fourth-order valence-corrected chi connectivity index (χ4v) is 3.36. The van der Waals surface area contributed by atoms with E-state index in [0.29, 0.717) is 11.3 Å². The second-order valence-electron chi connectivity index (χ2n) is 8.20. The number of amides is 1. The van der Waals surface area contributed by atoms with Gasteiger partial charge in [-0.25, -0.2) is 4.79 Å². The molecule has 0 spiro atoms. The van der Waals surface area contributed by atoms with E-state index in [0.717, 1.165) is 4.90 Å². The summed E-state index contributed by atoms with van der Waals surface area (Å²) in [6.07, 6.45) is 0.226. The number of hydrogen-bond donors (Lipinski definition) is 3. The largest absolute Gasteiger partial charge is 0.504 e. The third-order valence-electron chi connectivity index (χ3n) is 5.07. The predicted molar refractivity (Wildman–Crippen MR) is 129 cm³/mol. The van der Waals surface area contributed by atoms with E-state index < -0.39 is 29.7 Å². The van der Waals surface area contributed by atoms with E-state index >= 15 is 0 Å². The van der Waals surface area contributed by atoms with Crippen LogP contribution in [0.4, 0.5) is 11.5 Å². The molecule has 12 heteroatoms. The van der Waals surface area contributed by atoms with Crippen LogP contribution in [0.5, 0.6) is 11.5 Å². The molecule has 0 aliphatic rings. The van der Waals surface area contributed by atoms with Gasteiger partial charge in [0.25, 0.3) is 11.5 Å². The van der Waals surface area contributed by atoms with Gasteiger partial charge in [-0.1, -0.05) is 19.9 Å². The molecule has 0 saturated carbocycles. The second kappa shape index (κ2) is 12.6. The molecule has 1 heterocycles. The lowest BCUT2D eigenvalue weighted by Gasteiger charge is -2.24. The second-order valence-corrected chi connectivity index (χ2v) is 8.20. The van der Waals surface area contributed by atoms with Gasteiger partial charge in [-0.15, -0.1) is 0 Å². The Morgan fingerprint density at radius 2 is 1.94 bits per heavy atom. The van der Waals surface area contributed by atoms with E-state index in [9.17, 15) is 24.3 Å². The van der Waals surface area contributed by atoms with Gasteiger partial charge in [0, 0.05) is 26.6 Å². The van der Waals surface area contributed by atoms with Gasteiger partial charge in [0.05, 0.1) is 13.7 Å². The summed E-state index contributed by atoms with van der Waals surface area (Å²) in [5.41, 5.74) is 5.07. The number of anilines is 2. The van der Waals surface area contributed by atoms with Gasteiger partial charge in [-0.3, -0.25) is 28.8 Å². The molecule has 0 saturated heterocycles. The van der Waals surface area contributed by atoms with Crippen molar-refractivity contribution in [2.45, 2.75) is 33.2 Å². The molecular formula is C23H32N4O8. The quantitative estimate of drug-likeness (QED) is 0.360. The molecule has 1 aromatic heterocycles. The summed E-state index contributed by atoms with van der Waals surface area (Å²) in [6, 6.07) is 4.75. The van der Waals surface area contributed by atoms with Crippen molar-refractivity contribution < 1.29 is 28.9 Å². The molecule has 0 aliphatic carbocycles. The van der Waals surface area contributed by atoms with Gasteiger partial charge in [-0.05, 0) is 30.0 Å². The maximum absolute atomic E-state index is 12.9. The SMILES string of the molecule is COCCN(C(=O)COC(=O)CCc1ccc(OC)c(O)c1)c1c(N)n(CC(C)C)c(=O)[nH]c1=O. The van der Waals surface area contributed by atoms with Gasteiger partial charge in [0.2, 0.25) is 0 Å². The van der Waals surface area contributed by atoms with Crippen molar-refractivity contribution in [1.82, 2.24) is 9.55 Å². The predicted octanol–water partition coefficient (Wildman–Crippen LogP) is 0.644. The zero-order valence-corrected chi connectivity index (χ0v) is 20.3. The third-order valence-corrected chi connectivity index (χ3v) is 5.07. The van der Waals surface area contributed by atoms with Crippen LogP contribution >= 0.6 is 0 Å². The third kappa shape index (κ3) is 7.34. The summed E-state index contributed by atoms with van der Waals surface area (Å²) in [4.78, 5) is 53.1. The molecule has 0 atom stereocenters. The summed E-state index contributed by atoms with van der Waals surface area (Å²) in [5.74, 6) is -1.21. The van der Waals surface area contributed by atoms with Crippen LogP contribution < -0.4 is 26.6 Å². The summed E-state index contributed by atoms with van der Waals surface area (Å²) in [5, 5.41) is 9.84. The Hall–Kier alpha value is -3.80. The number of esters is 1. The number of nitrogens with two attached hydrogens (primary N) is 1. The molecule has 1 amide bonds. The zero-order valence-electron chi connectivity index (χ0n) is 20.3. The van der Waals surface area contributed by atoms with Gasteiger partial charge in [0.15, 0.2) is 23.8 Å². The summed E-state index contributed by atoms with van der Waals surface area (Å²) in [7, 11) is 2.85. The van der Waals surface area contributed by atoms with Crippen LogP contribution in [0.15, 0.2) is 27.8 Å². The standard InChI is InChI=1S/C23H32N4O8/c1-14(2)12-27-21(24)20(22(31)25-23(27)32)26(9-10-33-3)18(29)13-35-19(30)8-6-15-5-7-17(34-4)16(28)11-15/h5,7,11,14,28H,6,8-10,12-13,24H2,1-4H3,(H,25,31,32). The Labute approximate surface area is 202 Å². The molecule has 12 nitrogen and oxygen atoms in total. The molecule has 0 aliphatic heterocycles. The van der Waals surface area contributed by atoms with Crippen molar-refractivity contribution in [2.75, 3.05) is 44.6 Å². The number of H-pyrrole nitrogens is 1. The van der Waals surface area contributed by atoms with Crippen LogP contribution in [0.2, 0.25) is 0 Å². The number of rotatable bonds is 12. The molecule has 35 heavy (non-hydrogen) atoms. The number of nitrogen functional groups attached to an aromatic ring is 1. The van der Waals surface area contributed by atoms with Crippen molar-refractivity contribution in [3.8, 4) is 11.5 Å².